The van der Waals surface area contributed by atoms with Crippen LogP contribution in [0, 0.1) is 0 Å². The first-order chi connectivity index (χ1) is 8.81. The van der Waals surface area contributed by atoms with Gasteiger partial charge in [-0.25, -0.2) is 4.98 Å². The molecule has 2 heterocycles. The van der Waals surface area contributed by atoms with Gasteiger partial charge in [-0.1, -0.05) is 15.9 Å². The first-order valence-corrected chi connectivity index (χ1v) is 7.02. The highest BCUT2D eigenvalue weighted by Gasteiger charge is 2.12. The average Bonchev–Trinajstić information content (AvgIpc) is 2.32. The summed E-state index contributed by atoms with van der Waals surface area (Å²) in [6.45, 7) is 4.14. The Bertz CT molecular complexity index is 554. The van der Waals surface area contributed by atoms with Crippen molar-refractivity contribution in [2.45, 2.75) is 6.42 Å². The number of ether oxygens (including phenoxy) is 1. The van der Waals surface area contributed by atoms with E-state index >= 15 is 0 Å². The summed E-state index contributed by atoms with van der Waals surface area (Å²) in [5.74, 6) is 0.713. The second kappa shape index (κ2) is 5.24. The van der Waals surface area contributed by atoms with Crippen molar-refractivity contribution in [3.8, 4) is 5.88 Å². The van der Waals surface area contributed by atoms with Crippen molar-refractivity contribution in [1.82, 2.24) is 9.88 Å². The molecule has 1 fully saturated rings. The molecule has 0 amide bonds. The van der Waals surface area contributed by atoms with Gasteiger partial charge < -0.3 is 4.74 Å². The molecule has 0 bridgehead atoms. The maximum absolute atomic E-state index is 5.69. The van der Waals surface area contributed by atoms with Crippen LogP contribution in [0.4, 0.5) is 0 Å². The van der Waals surface area contributed by atoms with Crippen LogP contribution in [-0.4, -0.2) is 36.1 Å². The van der Waals surface area contributed by atoms with E-state index in [1.165, 1.54) is 19.5 Å². The van der Waals surface area contributed by atoms with Gasteiger partial charge in [-0.05, 0) is 43.8 Å². The van der Waals surface area contributed by atoms with Crippen LogP contribution in [0.1, 0.15) is 6.42 Å². The molecular weight excluding hydrogens is 292 g/mol. The molecule has 3 rings (SSSR count). The van der Waals surface area contributed by atoms with Gasteiger partial charge in [0.15, 0.2) is 0 Å². The molecule has 0 radical (unpaired) electrons. The third-order valence-electron chi connectivity index (χ3n) is 3.23. The van der Waals surface area contributed by atoms with E-state index in [-0.39, 0.29) is 0 Å². The Morgan fingerprint density at radius 1 is 1.22 bits per heavy atom. The lowest BCUT2D eigenvalue weighted by atomic mass is 10.2. The number of hydrogen-bond acceptors (Lipinski definition) is 3. The van der Waals surface area contributed by atoms with Crippen LogP contribution in [0.25, 0.3) is 10.9 Å². The Hall–Kier alpha value is -1.13. The van der Waals surface area contributed by atoms with E-state index in [1.54, 1.807) is 0 Å². The lowest BCUT2D eigenvalue weighted by Gasteiger charge is -2.30. The molecule has 4 heteroatoms. The summed E-state index contributed by atoms with van der Waals surface area (Å²) in [7, 11) is 0. The van der Waals surface area contributed by atoms with E-state index in [1.807, 2.05) is 24.3 Å². The first kappa shape index (κ1) is 11.9. The van der Waals surface area contributed by atoms with Gasteiger partial charge in [0.25, 0.3) is 0 Å². The maximum atomic E-state index is 5.69. The number of nitrogens with zero attached hydrogens (tertiary/aromatic N) is 2. The number of aromatic nitrogens is 1. The molecule has 1 aromatic carbocycles. The second-order valence-electron chi connectivity index (χ2n) is 4.53. The van der Waals surface area contributed by atoms with Crippen molar-refractivity contribution in [3.63, 3.8) is 0 Å². The highest BCUT2D eigenvalue weighted by atomic mass is 79.9. The topological polar surface area (TPSA) is 25.4 Å². The van der Waals surface area contributed by atoms with Gasteiger partial charge in [0, 0.05) is 22.5 Å². The zero-order chi connectivity index (χ0) is 12.4. The third kappa shape index (κ3) is 2.65. The number of pyridine rings is 1. The van der Waals surface area contributed by atoms with Gasteiger partial charge in [0.2, 0.25) is 5.88 Å². The molecule has 94 valence electrons. The molecule has 1 aliphatic heterocycles. The lowest BCUT2D eigenvalue weighted by molar-refractivity contribution is 0.145. The van der Waals surface area contributed by atoms with Crippen LogP contribution in [0.3, 0.4) is 0 Å². The fourth-order valence-electron chi connectivity index (χ4n) is 2.04. The molecule has 3 nitrogen and oxygen atoms in total. The van der Waals surface area contributed by atoms with Crippen LogP contribution in [0.2, 0.25) is 0 Å². The molecule has 0 N–H and O–H groups in total. The Balaban J connectivity index is 1.66. The van der Waals surface area contributed by atoms with Crippen molar-refractivity contribution < 1.29 is 4.74 Å². The van der Waals surface area contributed by atoms with Crippen molar-refractivity contribution >= 4 is 26.8 Å². The predicted octanol–water partition coefficient (Wildman–Crippen LogP) is 3.08. The minimum Gasteiger partial charge on any atom is -0.476 e. The molecule has 1 saturated heterocycles. The van der Waals surface area contributed by atoms with E-state index in [0.29, 0.717) is 5.88 Å². The summed E-state index contributed by atoms with van der Waals surface area (Å²) >= 11 is 3.46. The summed E-state index contributed by atoms with van der Waals surface area (Å²) < 4.78 is 6.76. The van der Waals surface area contributed by atoms with Crippen molar-refractivity contribution in [2.75, 3.05) is 26.2 Å². The smallest absolute Gasteiger partial charge is 0.213 e. The van der Waals surface area contributed by atoms with E-state index in [9.17, 15) is 0 Å². The van der Waals surface area contributed by atoms with Gasteiger partial charge in [-0.3, -0.25) is 4.90 Å². The molecule has 2 aromatic rings. The Morgan fingerprint density at radius 2 is 2.11 bits per heavy atom. The zero-order valence-corrected chi connectivity index (χ0v) is 11.7. The summed E-state index contributed by atoms with van der Waals surface area (Å²) in [5, 5.41) is 1.12. The van der Waals surface area contributed by atoms with E-state index < -0.39 is 0 Å². The van der Waals surface area contributed by atoms with Crippen molar-refractivity contribution in [1.29, 1.82) is 0 Å². The number of halogens is 1. The van der Waals surface area contributed by atoms with E-state index in [4.69, 9.17) is 4.74 Å². The molecule has 0 atom stereocenters. The van der Waals surface area contributed by atoms with Gasteiger partial charge >= 0.3 is 0 Å². The Labute approximate surface area is 115 Å². The minimum absolute atomic E-state index is 0.713. The largest absolute Gasteiger partial charge is 0.476 e. The highest BCUT2D eigenvalue weighted by molar-refractivity contribution is 9.10. The fraction of sp³-hybridized carbons (Fsp3) is 0.357. The average molecular weight is 307 g/mol. The number of hydrogen-bond donors (Lipinski definition) is 0. The van der Waals surface area contributed by atoms with Crippen LogP contribution >= 0.6 is 15.9 Å². The molecule has 18 heavy (non-hydrogen) atoms. The van der Waals surface area contributed by atoms with E-state index in [2.05, 4.69) is 31.9 Å². The summed E-state index contributed by atoms with van der Waals surface area (Å²) in [5.41, 5.74) is 0.972. The number of likely N-dealkylation sites (tertiary alicyclic amines) is 1. The quantitative estimate of drug-likeness (QED) is 0.868. The molecule has 0 spiro atoms. The molecule has 0 unspecified atom stereocenters. The van der Waals surface area contributed by atoms with Gasteiger partial charge in [0.1, 0.15) is 6.61 Å². The molecule has 1 aliphatic rings. The standard InChI is InChI=1S/C14H15BrN2O/c15-12-3-4-13-11(10-12)2-5-14(16-13)18-9-8-17-6-1-7-17/h2-5,10H,1,6-9H2. The first-order valence-electron chi connectivity index (χ1n) is 6.23. The zero-order valence-electron chi connectivity index (χ0n) is 10.1. The number of rotatable bonds is 4. The van der Waals surface area contributed by atoms with Gasteiger partial charge in [-0.2, -0.15) is 0 Å². The minimum atomic E-state index is 0.713. The number of benzene rings is 1. The molecule has 0 saturated carbocycles. The summed E-state index contributed by atoms with van der Waals surface area (Å²) in [4.78, 5) is 6.88. The van der Waals surface area contributed by atoms with E-state index in [0.717, 1.165) is 28.5 Å². The predicted molar refractivity (Wildman–Crippen MR) is 76.0 cm³/mol. The van der Waals surface area contributed by atoms with Crippen molar-refractivity contribution in [3.05, 3.63) is 34.8 Å². The summed E-state index contributed by atoms with van der Waals surface area (Å²) in [6, 6.07) is 10.0. The Kier molecular flexibility index (Phi) is 3.48. The summed E-state index contributed by atoms with van der Waals surface area (Å²) in [6.07, 6.45) is 1.32. The third-order valence-corrected chi connectivity index (χ3v) is 3.73. The normalized spacial score (nSPS) is 15.6. The molecule has 1 aromatic heterocycles. The van der Waals surface area contributed by atoms with Crippen LogP contribution in [0.5, 0.6) is 5.88 Å². The monoisotopic (exact) mass is 306 g/mol. The SMILES string of the molecule is Brc1ccc2nc(OCCN3CCC3)ccc2c1. The van der Waals surface area contributed by atoms with Gasteiger partial charge in [-0.15, -0.1) is 0 Å². The van der Waals surface area contributed by atoms with Crippen LogP contribution < -0.4 is 4.74 Å². The van der Waals surface area contributed by atoms with Crippen LogP contribution in [-0.2, 0) is 0 Å². The molecule has 0 aliphatic carbocycles. The Morgan fingerprint density at radius 3 is 2.89 bits per heavy atom. The second-order valence-corrected chi connectivity index (χ2v) is 5.45. The lowest BCUT2D eigenvalue weighted by Crippen LogP contribution is -2.39. The van der Waals surface area contributed by atoms with Crippen molar-refractivity contribution in [2.24, 2.45) is 0 Å². The number of fused-ring (bicyclic) bond motifs is 1. The maximum Gasteiger partial charge on any atom is 0.213 e. The fourth-order valence-corrected chi connectivity index (χ4v) is 2.42. The van der Waals surface area contributed by atoms with Gasteiger partial charge in [0.05, 0.1) is 5.52 Å². The molecular formula is C14H15BrN2O. The highest BCUT2D eigenvalue weighted by Crippen LogP contribution is 2.20. The van der Waals surface area contributed by atoms with Crippen LogP contribution in [0.15, 0.2) is 34.8 Å².